The fraction of sp³-hybridized carbons (Fsp3) is 0.412. The van der Waals surface area contributed by atoms with Crippen molar-refractivity contribution in [3.63, 3.8) is 0 Å². The van der Waals surface area contributed by atoms with E-state index in [-0.39, 0.29) is 0 Å². The number of benzene rings is 1. The van der Waals surface area contributed by atoms with Crippen LogP contribution in [-0.2, 0) is 13.2 Å². The summed E-state index contributed by atoms with van der Waals surface area (Å²) in [6, 6.07) is 10.6. The molecule has 0 atom stereocenters. The van der Waals surface area contributed by atoms with Crippen molar-refractivity contribution in [3.05, 3.63) is 53.0 Å². The van der Waals surface area contributed by atoms with E-state index in [1.54, 1.807) is 0 Å². The lowest BCUT2D eigenvalue weighted by atomic mass is 10.2. The summed E-state index contributed by atoms with van der Waals surface area (Å²) < 4.78 is 11.5. The Labute approximate surface area is 121 Å². The predicted octanol–water partition coefficient (Wildman–Crippen LogP) is 3.97. The lowest BCUT2D eigenvalue weighted by molar-refractivity contribution is 0.266. The summed E-state index contributed by atoms with van der Waals surface area (Å²) in [6.07, 6.45) is 0. The Morgan fingerprint density at radius 2 is 1.95 bits per heavy atom. The van der Waals surface area contributed by atoms with Gasteiger partial charge in [0.15, 0.2) is 0 Å². The van der Waals surface area contributed by atoms with Crippen molar-refractivity contribution in [1.29, 1.82) is 0 Å². The maximum Gasteiger partial charge on any atom is 0.146 e. The van der Waals surface area contributed by atoms with Crippen molar-refractivity contribution in [2.75, 3.05) is 0 Å². The Morgan fingerprint density at radius 3 is 2.65 bits per heavy atom. The average Bonchev–Trinajstić information content (AvgIpc) is 2.76. The molecule has 1 heterocycles. The van der Waals surface area contributed by atoms with E-state index >= 15 is 0 Å². The van der Waals surface area contributed by atoms with E-state index in [4.69, 9.17) is 9.15 Å². The highest BCUT2D eigenvalue weighted by Gasteiger charge is 2.09. The third kappa shape index (κ3) is 3.87. The van der Waals surface area contributed by atoms with Crippen LogP contribution < -0.4 is 10.1 Å². The van der Waals surface area contributed by atoms with Crippen LogP contribution in [0.1, 0.15) is 36.5 Å². The highest BCUT2D eigenvalue weighted by atomic mass is 16.5. The fourth-order valence-corrected chi connectivity index (χ4v) is 2.02. The maximum atomic E-state index is 5.80. The molecule has 1 aromatic carbocycles. The summed E-state index contributed by atoms with van der Waals surface area (Å²) in [5, 5.41) is 3.40. The quantitative estimate of drug-likeness (QED) is 0.864. The molecule has 0 fully saturated rings. The van der Waals surface area contributed by atoms with Gasteiger partial charge in [0.05, 0.1) is 0 Å². The lowest BCUT2D eigenvalue weighted by Gasteiger charge is -2.06. The van der Waals surface area contributed by atoms with E-state index < -0.39 is 0 Å². The molecular formula is C17H23NO2. The van der Waals surface area contributed by atoms with Gasteiger partial charge in [0.25, 0.3) is 0 Å². The van der Waals surface area contributed by atoms with Gasteiger partial charge in [-0.1, -0.05) is 32.0 Å². The number of hydrogen-bond donors (Lipinski definition) is 1. The van der Waals surface area contributed by atoms with Crippen molar-refractivity contribution < 1.29 is 9.15 Å². The first kappa shape index (κ1) is 14.7. The van der Waals surface area contributed by atoms with Crippen LogP contribution in [0, 0.1) is 13.8 Å². The molecular weight excluding hydrogens is 250 g/mol. The van der Waals surface area contributed by atoms with Crippen LogP contribution in [0.4, 0.5) is 0 Å². The third-order valence-electron chi connectivity index (χ3n) is 3.24. The predicted molar refractivity (Wildman–Crippen MR) is 80.9 cm³/mol. The normalized spacial score (nSPS) is 11.1. The van der Waals surface area contributed by atoms with E-state index in [1.807, 2.05) is 38.1 Å². The van der Waals surface area contributed by atoms with Crippen LogP contribution in [0.25, 0.3) is 0 Å². The van der Waals surface area contributed by atoms with E-state index in [2.05, 4.69) is 25.2 Å². The van der Waals surface area contributed by atoms with Crippen molar-refractivity contribution >= 4 is 0 Å². The van der Waals surface area contributed by atoms with Crippen molar-refractivity contribution in [2.45, 2.75) is 46.9 Å². The fourth-order valence-electron chi connectivity index (χ4n) is 2.02. The number of hydrogen-bond acceptors (Lipinski definition) is 3. The van der Waals surface area contributed by atoms with E-state index in [0.29, 0.717) is 12.6 Å². The molecule has 0 aliphatic carbocycles. The van der Waals surface area contributed by atoms with Crippen LogP contribution >= 0.6 is 0 Å². The minimum Gasteiger partial charge on any atom is -0.485 e. The van der Waals surface area contributed by atoms with Gasteiger partial charge in [0.2, 0.25) is 0 Å². The van der Waals surface area contributed by atoms with Gasteiger partial charge in [-0.3, -0.25) is 0 Å². The van der Waals surface area contributed by atoms with Gasteiger partial charge in [0.1, 0.15) is 23.9 Å². The van der Waals surface area contributed by atoms with Gasteiger partial charge in [0, 0.05) is 18.2 Å². The first-order valence-electron chi connectivity index (χ1n) is 7.06. The minimum absolute atomic E-state index is 0.466. The molecule has 0 spiro atoms. The first-order valence-corrected chi connectivity index (χ1v) is 7.06. The molecule has 2 aromatic rings. The number of para-hydroxylation sites is 1. The molecule has 2 rings (SSSR count). The van der Waals surface area contributed by atoms with Crippen LogP contribution in [-0.4, -0.2) is 6.04 Å². The monoisotopic (exact) mass is 273 g/mol. The average molecular weight is 273 g/mol. The molecule has 0 saturated heterocycles. The minimum atomic E-state index is 0.466. The molecule has 3 nitrogen and oxygen atoms in total. The zero-order chi connectivity index (χ0) is 14.5. The Balaban J connectivity index is 1.97. The molecule has 0 aliphatic rings. The Hall–Kier alpha value is -1.74. The van der Waals surface area contributed by atoms with E-state index in [1.165, 1.54) is 5.56 Å². The molecule has 0 aliphatic heterocycles. The summed E-state index contributed by atoms with van der Waals surface area (Å²) in [4.78, 5) is 0. The lowest BCUT2D eigenvalue weighted by Crippen LogP contribution is -2.21. The summed E-state index contributed by atoms with van der Waals surface area (Å²) in [5.74, 6) is 2.73. The molecule has 1 N–H and O–H groups in total. The molecule has 0 bridgehead atoms. The number of aryl methyl sites for hydroxylation is 2. The molecule has 1 aromatic heterocycles. The SMILES string of the molecule is Cc1ccccc1OCc1cc(CNC(C)C)c(C)o1. The second-order valence-corrected chi connectivity index (χ2v) is 5.38. The van der Waals surface area contributed by atoms with Crippen molar-refractivity contribution in [2.24, 2.45) is 0 Å². The van der Waals surface area contributed by atoms with Gasteiger partial charge >= 0.3 is 0 Å². The van der Waals surface area contributed by atoms with Crippen LogP contribution in [0.3, 0.4) is 0 Å². The molecule has 108 valence electrons. The van der Waals surface area contributed by atoms with E-state index in [0.717, 1.165) is 29.4 Å². The van der Waals surface area contributed by atoms with Gasteiger partial charge in [-0.15, -0.1) is 0 Å². The Morgan fingerprint density at radius 1 is 1.20 bits per heavy atom. The van der Waals surface area contributed by atoms with Gasteiger partial charge in [-0.2, -0.15) is 0 Å². The zero-order valence-electron chi connectivity index (χ0n) is 12.7. The summed E-state index contributed by atoms with van der Waals surface area (Å²) in [6.45, 7) is 9.61. The topological polar surface area (TPSA) is 34.4 Å². The Bertz CT molecular complexity index is 558. The number of furan rings is 1. The van der Waals surface area contributed by atoms with Crippen LogP contribution in [0.5, 0.6) is 5.75 Å². The van der Waals surface area contributed by atoms with Crippen LogP contribution in [0.2, 0.25) is 0 Å². The highest BCUT2D eigenvalue weighted by molar-refractivity contribution is 5.32. The number of rotatable bonds is 6. The molecule has 0 radical (unpaired) electrons. The van der Waals surface area contributed by atoms with Crippen LogP contribution in [0.15, 0.2) is 34.7 Å². The molecule has 0 amide bonds. The molecule has 0 saturated carbocycles. The van der Waals surface area contributed by atoms with Gasteiger partial charge < -0.3 is 14.5 Å². The highest BCUT2D eigenvalue weighted by Crippen LogP contribution is 2.20. The second-order valence-electron chi connectivity index (χ2n) is 5.38. The maximum absolute atomic E-state index is 5.80. The summed E-state index contributed by atoms with van der Waals surface area (Å²) in [5.41, 5.74) is 2.33. The smallest absolute Gasteiger partial charge is 0.146 e. The molecule has 3 heteroatoms. The largest absolute Gasteiger partial charge is 0.485 e. The number of ether oxygens (including phenoxy) is 1. The van der Waals surface area contributed by atoms with E-state index in [9.17, 15) is 0 Å². The molecule has 20 heavy (non-hydrogen) atoms. The third-order valence-corrected chi connectivity index (χ3v) is 3.24. The standard InChI is InChI=1S/C17H23NO2/c1-12(2)18-10-15-9-16(20-14(15)4)11-19-17-8-6-5-7-13(17)3/h5-9,12,18H,10-11H2,1-4H3. The van der Waals surface area contributed by atoms with Gasteiger partial charge in [-0.05, 0) is 31.5 Å². The zero-order valence-corrected chi connectivity index (χ0v) is 12.7. The Kier molecular flexibility index (Phi) is 4.85. The van der Waals surface area contributed by atoms with Crippen molar-refractivity contribution in [1.82, 2.24) is 5.32 Å². The molecule has 0 unspecified atom stereocenters. The van der Waals surface area contributed by atoms with Crippen molar-refractivity contribution in [3.8, 4) is 5.75 Å². The van der Waals surface area contributed by atoms with Gasteiger partial charge in [-0.25, -0.2) is 0 Å². The summed E-state index contributed by atoms with van der Waals surface area (Å²) >= 11 is 0. The first-order chi connectivity index (χ1) is 9.56. The second kappa shape index (κ2) is 6.62. The number of nitrogens with one attached hydrogen (secondary N) is 1. The summed E-state index contributed by atoms with van der Waals surface area (Å²) in [7, 11) is 0.